The van der Waals surface area contributed by atoms with Crippen LogP contribution in [0.5, 0.6) is 0 Å². The molecule has 3 aromatic rings. The molecule has 0 spiro atoms. The average Bonchev–Trinajstić information content (AvgIpc) is 3.24. The number of H-pyrrole nitrogens is 2. The second-order valence-electron chi connectivity index (χ2n) is 6.60. The Hall–Kier alpha value is -3.29. The number of aromatic nitrogens is 3. The normalized spacial score (nSPS) is 11.4. The van der Waals surface area contributed by atoms with E-state index in [1.54, 1.807) is 18.1 Å². The number of para-hydroxylation sites is 1. The van der Waals surface area contributed by atoms with Crippen molar-refractivity contribution >= 4 is 23.4 Å². The average molecular weight is 385 g/mol. The maximum atomic E-state index is 12.6. The van der Waals surface area contributed by atoms with Crippen molar-refractivity contribution < 1.29 is 14.7 Å². The van der Waals surface area contributed by atoms with E-state index in [4.69, 9.17) is 9.90 Å². The fraction of sp³-hybridized carbons (Fsp3) is 0.350. The third-order valence-corrected chi connectivity index (χ3v) is 4.57. The van der Waals surface area contributed by atoms with Crippen LogP contribution in [0.25, 0.3) is 10.9 Å². The van der Waals surface area contributed by atoms with Gasteiger partial charge in [-0.3, -0.25) is 4.79 Å². The van der Waals surface area contributed by atoms with Gasteiger partial charge in [0.1, 0.15) is 5.82 Å². The summed E-state index contributed by atoms with van der Waals surface area (Å²) in [5, 5.41) is 11.1. The Morgan fingerprint density at radius 2 is 2.00 bits per heavy atom. The minimum atomic E-state index is -0.250. The Morgan fingerprint density at radius 3 is 2.57 bits per heavy atom. The molecule has 0 bridgehead atoms. The van der Waals surface area contributed by atoms with E-state index in [1.165, 1.54) is 10.9 Å². The molecule has 1 unspecified atom stereocenters. The number of nitrogens with one attached hydrogen (secondary N) is 3. The van der Waals surface area contributed by atoms with Gasteiger partial charge in [0.05, 0.1) is 12.6 Å². The Bertz CT molecular complexity index is 931. The number of carbonyl (C=O) groups excluding carboxylic acids is 1. The zero-order chi connectivity index (χ0) is 20.7. The van der Waals surface area contributed by atoms with Crippen LogP contribution in [-0.4, -0.2) is 44.5 Å². The smallest absolute Gasteiger partial charge is 0.318 e. The number of fused-ring (bicyclic) bond motifs is 1. The molecular weight excluding hydrogens is 358 g/mol. The van der Waals surface area contributed by atoms with E-state index in [9.17, 15) is 4.79 Å². The summed E-state index contributed by atoms with van der Waals surface area (Å²) >= 11 is 0. The summed E-state index contributed by atoms with van der Waals surface area (Å²) in [6, 6.07) is 7.96. The van der Waals surface area contributed by atoms with Crippen LogP contribution < -0.4 is 5.32 Å². The fourth-order valence-corrected chi connectivity index (χ4v) is 3.04. The summed E-state index contributed by atoms with van der Waals surface area (Å²) in [7, 11) is 1.81. The lowest BCUT2D eigenvalue weighted by molar-refractivity contribution is -0.122. The summed E-state index contributed by atoms with van der Waals surface area (Å²) < 4.78 is 0. The number of imidazole rings is 1. The molecule has 0 saturated heterocycles. The highest BCUT2D eigenvalue weighted by Crippen LogP contribution is 2.22. The van der Waals surface area contributed by atoms with Gasteiger partial charge in [0.15, 0.2) is 0 Å². The van der Waals surface area contributed by atoms with Gasteiger partial charge in [-0.15, -0.1) is 0 Å². The molecule has 28 heavy (non-hydrogen) atoms. The minimum Gasteiger partial charge on any atom is -0.483 e. The predicted octanol–water partition coefficient (Wildman–Crippen LogP) is 3.50. The number of hydrogen-bond donors (Lipinski definition) is 4. The van der Waals surface area contributed by atoms with Crippen molar-refractivity contribution in [2.75, 3.05) is 7.05 Å². The van der Waals surface area contributed by atoms with Gasteiger partial charge in [0.2, 0.25) is 0 Å². The molecule has 3 rings (SSSR count). The Kier molecular flexibility index (Phi) is 7.20. The van der Waals surface area contributed by atoms with Gasteiger partial charge in [0, 0.05) is 35.5 Å². The summed E-state index contributed by atoms with van der Waals surface area (Å²) in [6.45, 7) is 6.35. The fourth-order valence-electron chi connectivity index (χ4n) is 3.04. The van der Waals surface area contributed by atoms with Crippen LogP contribution in [0.3, 0.4) is 0 Å². The third kappa shape index (κ3) is 4.91. The molecule has 0 fully saturated rings. The van der Waals surface area contributed by atoms with Gasteiger partial charge >= 0.3 is 6.03 Å². The maximum Gasteiger partial charge on any atom is 0.318 e. The number of aryl methyl sites for hydroxylation is 2. The summed E-state index contributed by atoms with van der Waals surface area (Å²) in [5.74, 6) is 0.795. The lowest BCUT2D eigenvalue weighted by Crippen LogP contribution is -2.39. The molecule has 0 radical (unpaired) electrons. The number of carboxylic acid groups (broad SMARTS) is 1. The number of urea groups is 1. The van der Waals surface area contributed by atoms with E-state index in [-0.39, 0.29) is 18.5 Å². The van der Waals surface area contributed by atoms with Crippen molar-refractivity contribution in [3.8, 4) is 0 Å². The van der Waals surface area contributed by atoms with Crippen molar-refractivity contribution in [3.05, 3.63) is 53.2 Å². The van der Waals surface area contributed by atoms with E-state index >= 15 is 0 Å². The Balaban J connectivity index is 0.000000878. The second-order valence-corrected chi connectivity index (χ2v) is 6.60. The molecule has 150 valence electrons. The number of aromatic amines is 2. The van der Waals surface area contributed by atoms with E-state index in [2.05, 4.69) is 39.3 Å². The lowest BCUT2D eigenvalue weighted by Gasteiger charge is -2.22. The van der Waals surface area contributed by atoms with Crippen LogP contribution in [0, 0.1) is 13.8 Å². The lowest BCUT2D eigenvalue weighted by atomic mass is 10.1. The molecule has 0 aliphatic heterocycles. The Labute approximate surface area is 164 Å². The number of nitrogens with zero attached hydrogens (tertiary/aromatic N) is 2. The van der Waals surface area contributed by atoms with Gasteiger partial charge in [0.25, 0.3) is 6.47 Å². The molecule has 2 amide bonds. The van der Waals surface area contributed by atoms with Crippen molar-refractivity contribution in [1.82, 2.24) is 25.2 Å². The molecular formula is C20H27N5O3. The van der Waals surface area contributed by atoms with Gasteiger partial charge in [-0.25, -0.2) is 9.78 Å². The second kappa shape index (κ2) is 9.59. The van der Waals surface area contributed by atoms with Crippen molar-refractivity contribution in [1.29, 1.82) is 0 Å². The first-order chi connectivity index (χ1) is 13.4. The largest absolute Gasteiger partial charge is 0.483 e. The quantitative estimate of drug-likeness (QED) is 0.503. The summed E-state index contributed by atoms with van der Waals surface area (Å²) in [4.78, 5) is 33.6. The molecule has 0 aliphatic carbocycles. The van der Waals surface area contributed by atoms with Crippen LogP contribution >= 0.6 is 0 Å². The van der Waals surface area contributed by atoms with Crippen molar-refractivity contribution in [3.63, 3.8) is 0 Å². The third-order valence-electron chi connectivity index (χ3n) is 4.57. The van der Waals surface area contributed by atoms with Gasteiger partial charge in [-0.05, 0) is 31.9 Å². The Morgan fingerprint density at radius 1 is 1.32 bits per heavy atom. The molecule has 1 atom stereocenters. The van der Waals surface area contributed by atoms with Gasteiger partial charge in [-0.1, -0.05) is 25.1 Å². The highest BCUT2D eigenvalue weighted by Gasteiger charge is 2.19. The SMILES string of the molecule is CCC(NC(=O)N(C)Cc1[nH]c2ccccc2c1C)c1ncc(C)[nH]1.O=CO. The van der Waals surface area contributed by atoms with Crippen LogP contribution in [-0.2, 0) is 11.3 Å². The first-order valence-corrected chi connectivity index (χ1v) is 9.08. The number of hydrogen-bond acceptors (Lipinski definition) is 3. The topological polar surface area (TPSA) is 114 Å². The molecule has 1 aromatic carbocycles. The van der Waals surface area contributed by atoms with Crippen molar-refractivity contribution in [2.45, 2.75) is 39.8 Å². The van der Waals surface area contributed by atoms with Crippen LogP contribution in [0.4, 0.5) is 4.79 Å². The standard InChI is InChI=1S/C19H25N5O.CH2O2/c1-5-15(18-20-10-12(2)21-18)23-19(25)24(4)11-17-13(3)14-8-6-7-9-16(14)22-17;2-1-3/h6-10,15,22H,5,11H2,1-4H3,(H,20,21)(H,23,25);1H,(H,2,3). The van der Waals surface area contributed by atoms with Gasteiger partial charge in [-0.2, -0.15) is 0 Å². The van der Waals surface area contributed by atoms with Crippen LogP contribution in [0.15, 0.2) is 30.5 Å². The van der Waals surface area contributed by atoms with Gasteiger partial charge < -0.3 is 25.3 Å². The molecule has 0 saturated carbocycles. The number of carbonyl (C=O) groups is 2. The molecule has 0 aliphatic rings. The minimum absolute atomic E-state index is 0.112. The number of rotatable bonds is 5. The monoisotopic (exact) mass is 385 g/mol. The van der Waals surface area contributed by atoms with E-state index in [1.807, 2.05) is 26.0 Å². The zero-order valence-corrected chi connectivity index (χ0v) is 16.6. The highest BCUT2D eigenvalue weighted by molar-refractivity contribution is 5.84. The number of benzene rings is 1. The molecule has 4 N–H and O–H groups in total. The van der Waals surface area contributed by atoms with E-state index < -0.39 is 0 Å². The number of amides is 2. The van der Waals surface area contributed by atoms with Crippen molar-refractivity contribution in [2.24, 2.45) is 0 Å². The first-order valence-electron chi connectivity index (χ1n) is 9.08. The van der Waals surface area contributed by atoms with Crippen LogP contribution in [0.2, 0.25) is 0 Å². The zero-order valence-electron chi connectivity index (χ0n) is 16.6. The van der Waals surface area contributed by atoms with Crippen LogP contribution in [0.1, 0.15) is 42.2 Å². The summed E-state index contributed by atoms with van der Waals surface area (Å²) in [5.41, 5.74) is 4.33. The molecule has 2 aromatic heterocycles. The van der Waals surface area contributed by atoms with E-state index in [0.717, 1.165) is 29.1 Å². The summed E-state index contributed by atoms with van der Waals surface area (Å²) in [6.07, 6.45) is 2.56. The maximum absolute atomic E-state index is 12.6. The molecule has 2 heterocycles. The highest BCUT2D eigenvalue weighted by atomic mass is 16.3. The first kappa shape index (κ1) is 21.0. The van der Waals surface area contributed by atoms with E-state index in [0.29, 0.717) is 6.54 Å². The molecule has 8 nitrogen and oxygen atoms in total. The predicted molar refractivity (Wildman–Crippen MR) is 108 cm³/mol. The molecule has 8 heteroatoms.